The Hall–Kier alpha value is -0.460. The van der Waals surface area contributed by atoms with E-state index in [1.807, 2.05) is 0 Å². The molecule has 0 bridgehead atoms. The van der Waals surface area contributed by atoms with Gasteiger partial charge in [-0.05, 0) is 25.7 Å². The summed E-state index contributed by atoms with van der Waals surface area (Å²) in [6, 6.07) is 0. The van der Waals surface area contributed by atoms with E-state index in [1.54, 1.807) is 0 Å². The number of unbranched alkanes of at least 4 members (excludes halogenated alkanes) is 10. The Bertz CT molecular complexity index is 361. The second-order valence-electron chi connectivity index (χ2n) is 7.68. The molecule has 1 heterocycles. The van der Waals surface area contributed by atoms with Crippen molar-refractivity contribution in [2.75, 3.05) is 19.8 Å². The molecule has 1 aliphatic heterocycles. The molecule has 1 rings (SSSR count). The highest BCUT2D eigenvalue weighted by Crippen LogP contribution is 2.19. The van der Waals surface area contributed by atoms with Crippen molar-refractivity contribution in [2.45, 2.75) is 108 Å². The first-order valence-corrected chi connectivity index (χ1v) is 11.1. The first kappa shape index (κ1) is 24.6. The lowest BCUT2D eigenvalue weighted by atomic mass is 10.0. The van der Waals surface area contributed by atoms with E-state index in [2.05, 4.69) is 19.1 Å². The number of rotatable bonds is 16. The first-order chi connectivity index (χ1) is 13.2. The van der Waals surface area contributed by atoms with Crippen LogP contribution in [-0.4, -0.2) is 59.6 Å². The van der Waals surface area contributed by atoms with Gasteiger partial charge in [-0.1, -0.05) is 70.4 Å². The average molecular weight is 387 g/mol. The van der Waals surface area contributed by atoms with Crippen molar-refractivity contribution in [1.29, 1.82) is 0 Å². The minimum absolute atomic E-state index is 0.0992. The molecule has 5 nitrogen and oxygen atoms in total. The van der Waals surface area contributed by atoms with E-state index in [0.717, 1.165) is 12.8 Å². The fourth-order valence-electron chi connectivity index (χ4n) is 3.45. The summed E-state index contributed by atoms with van der Waals surface area (Å²) in [4.78, 5) is 0. The molecule has 0 aromatic heterocycles. The van der Waals surface area contributed by atoms with Crippen molar-refractivity contribution >= 4 is 0 Å². The minimum atomic E-state index is -0.971. The normalized spacial score (nSPS) is 26.1. The molecule has 0 radical (unpaired) electrons. The van der Waals surface area contributed by atoms with Crippen LogP contribution in [0.2, 0.25) is 0 Å². The smallest absolute Gasteiger partial charge is 0.114 e. The van der Waals surface area contributed by atoms with Crippen molar-refractivity contribution in [1.82, 2.24) is 0 Å². The summed E-state index contributed by atoms with van der Waals surface area (Å²) in [6.07, 6.45) is 16.4. The predicted octanol–water partition coefficient (Wildman–Crippen LogP) is 3.74. The van der Waals surface area contributed by atoms with Gasteiger partial charge < -0.3 is 24.8 Å². The van der Waals surface area contributed by atoms with E-state index in [-0.39, 0.29) is 13.2 Å². The van der Waals surface area contributed by atoms with Crippen LogP contribution in [0.15, 0.2) is 12.2 Å². The molecule has 0 aromatic rings. The predicted molar refractivity (Wildman–Crippen MR) is 109 cm³/mol. The van der Waals surface area contributed by atoms with Gasteiger partial charge in [0.05, 0.1) is 13.2 Å². The van der Waals surface area contributed by atoms with Gasteiger partial charge in [0.2, 0.25) is 0 Å². The highest BCUT2D eigenvalue weighted by atomic mass is 16.6. The van der Waals surface area contributed by atoms with Gasteiger partial charge >= 0.3 is 0 Å². The molecule has 0 amide bonds. The molecular weight excluding hydrogens is 344 g/mol. The summed E-state index contributed by atoms with van der Waals surface area (Å²) in [7, 11) is 0. The van der Waals surface area contributed by atoms with E-state index >= 15 is 0 Å². The molecule has 4 atom stereocenters. The van der Waals surface area contributed by atoms with Crippen molar-refractivity contribution in [3.63, 3.8) is 0 Å². The van der Waals surface area contributed by atoms with E-state index in [4.69, 9.17) is 14.6 Å². The maximum absolute atomic E-state index is 10.0. The number of allylic oxidation sites excluding steroid dienone is 2. The molecular formula is C22H42O5. The lowest BCUT2D eigenvalue weighted by molar-refractivity contribution is -0.210. The van der Waals surface area contributed by atoms with Crippen LogP contribution in [0.1, 0.15) is 84.0 Å². The Kier molecular flexibility index (Phi) is 15.0. The van der Waals surface area contributed by atoms with Gasteiger partial charge in [0.15, 0.2) is 0 Å². The Balaban J connectivity index is 1.89. The molecule has 1 aliphatic rings. The summed E-state index contributed by atoms with van der Waals surface area (Å²) in [5, 5.41) is 29.1. The van der Waals surface area contributed by atoms with Crippen LogP contribution in [0, 0.1) is 0 Å². The molecule has 1 saturated heterocycles. The van der Waals surface area contributed by atoms with Gasteiger partial charge in [-0.2, -0.15) is 0 Å². The van der Waals surface area contributed by atoms with Crippen molar-refractivity contribution in [3.05, 3.63) is 12.2 Å². The van der Waals surface area contributed by atoms with Gasteiger partial charge in [0.25, 0.3) is 0 Å². The maximum Gasteiger partial charge on any atom is 0.114 e. The number of ether oxygens (including phenoxy) is 2. The van der Waals surface area contributed by atoms with Gasteiger partial charge in [-0.3, -0.25) is 0 Å². The molecule has 1 fully saturated rings. The second kappa shape index (κ2) is 16.5. The van der Waals surface area contributed by atoms with Crippen molar-refractivity contribution in [2.24, 2.45) is 0 Å². The molecule has 5 heteroatoms. The third-order valence-electron chi connectivity index (χ3n) is 5.21. The molecule has 27 heavy (non-hydrogen) atoms. The topological polar surface area (TPSA) is 79.2 Å². The van der Waals surface area contributed by atoms with Crippen LogP contribution >= 0.6 is 0 Å². The Morgan fingerprint density at radius 1 is 0.889 bits per heavy atom. The minimum Gasteiger partial charge on any atom is -0.394 e. The van der Waals surface area contributed by atoms with E-state index < -0.39 is 24.4 Å². The summed E-state index contributed by atoms with van der Waals surface area (Å²) in [5.41, 5.74) is 0. The molecule has 0 spiro atoms. The average Bonchev–Trinajstić information content (AvgIpc) is 2.67. The fraction of sp³-hybridized carbons (Fsp3) is 0.909. The molecule has 160 valence electrons. The number of aliphatic hydroxyl groups is 3. The lowest BCUT2D eigenvalue weighted by Gasteiger charge is -2.37. The Labute approximate surface area is 165 Å². The summed E-state index contributed by atoms with van der Waals surface area (Å²) in [6.45, 7) is 2.58. The third kappa shape index (κ3) is 11.2. The van der Waals surface area contributed by atoms with Crippen molar-refractivity contribution in [3.8, 4) is 0 Å². The van der Waals surface area contributed by atoms with Gasteiger partial charge in [0, 0.05) is 6.61 Å². The van der Waals surface area contributed by atoms with Crippen LogP contribution < -0.4 is 0 Å². The van der Waals surface area contributed by atoms with Crippen LogP contribution in [0.3, 0.4) is 0 Å². The highest BCUT2D eigenvalue weighted by Gasteiger charge is 2.38. The molecule has 0 aliphatic carbocycles. The second-order valence-corrected chi connectivity index (χ2v) is 7.68. The summed E-state index contributed by atoms with van der Waals surface area (Å²) >= 11 is 0. The maximum atomic E-state index is 10.0. The van der Waals surface area contributed by atoms with Crippen LogP contribution in [0.25, 0.3) is 0 Å². The number of hydrogen-bond acceptors (Lipinski definition) is 5. The van der Waals surface area contributed by atoms with Crippen LogP contribution in [0.5, 0.6) is 0 Å². The first-order valence-electron chi connectivity index (χ1n) is 11.1. The quantitative estimate of drug-likeness (QED) is 0.278. The zero-order valence-corrected chi connectivity index (χ0v) is 17.2. The van der Waals surface area contributed by atoms with Gasteiger partial charge in [0.1, 0.15) is 24.4 Å². The lowest BCUT2D eigenvalue weighted by Crippen LogP contribution is -2.55. The van der Waals surface area contributed by atoms with E-state index in [1.165, 1.54) is 64.2 Å². The highest BCUT2D eigenvalue weighted by molar-refractivity contribution is 4.87. The summed E-state index contributed by atoms with van der Waals surface area (Å²) in [5.74, 6) is 0. The Morgan fingerprint density at radius 2 is 1.48 bits per heavy atom. The third-order valence-corrected chi connectivity index (χ3v) is 5.21. The molecule has 3 N–H and O–H groups in total. The van der Waals surface area contributed by atoms with Crippen LogP contribution in [-0.2, 0) is 9.47 Å². The van der Waals surface area contributed by atoms with Gasteiger partial charge in [-0.15, -0.1) is 0 Å². The number of hydrogen-bond donors (Lipinski definition) is 3. The van der Waals surface area contributed by atoms with Gasteiger partial charge in [-0.25, -0.2) is 0 Å². The molecule has 0 unspecified atom stereocenters. The van der Waals surface area contributed by atoms with E-state index in [0.29, 0.717) is 6.61 Å². The summed E-state index contributed by atoms with van der Waals surface area (Å²) < 4.78 is 10.8. The van der Waals surface area contributed by atoms with Crippen molar-refractivity contribution < 1.29 is 24.8 Å². The molecule has 0 saturated carbocycles. The zero-order valence-electron chi connectivity index (χ0n) is 17.2. The largest absolute Gasteiger partial charge is 0.394 e. The van der Waals surface area contributed by atoms with Crippen LogP contribution in [0.4, 0.5) is 0 Å². The van der Waals surface area contributed by atoms with E-state index in [9.17, 15) is 10.2 Å². The zero-order chi connectivity index (χ0) is 19.7. The Morgan fingerprint density at radius 3 is 2.11 bits per heavy atom. The monoisotopic (exact) mass is 386 g/mol. The fourth-order valence-corrected chi connectivity index (χ4v) is 3.45. The molecule has 0 aromatic carbocycles. The SMILES string of the molecule is CCC/C=C/CCCCCCCCCCCO[C@H]1[C@H](O)[C@@H](CO)OC[C@@H]1O. The number of aliphatic hydroxyl groups excluding tert-OH is 3. The standard InChI is InChI=1S/C22H42O5/c1-2-3-4-5-6-7-8-9-10-11-12-13-14-15-16-26-22-19(24)18-27-20(17-23)21(22)25/h4-5,19-25H,2-3,6-18H2,1H3/b5-4+/t19-,20+,21+,22+/m0/s1.